The summed E-state index contributed by atoms with van der Waals surface area (Å²) in [4.78, 5) is 12.2. The molecule has 23 heavy (non-hydrogen) atoms. The number of amides is 1. The maximum atomic E-state index is 12.2. The van der Waals surface area contributed by atoms with E-state index in [1.54, 1.807) is 12.1 Å². The van der Waals surface area contributed by atoms with E-state index in [-0.39, 0.29) is 12.5 Å². The molecule has 2 N–H and O–H groups in total. The maximum Gasteiger partial charge on any atom is 0.253 e. The second-order valence-corrected chi connectivity index (χ2v) is 6.88. The first kappa shape index (κ1) is 16.8. The molecule has 6 heteroatoms. The molecule has 0 saturated heterocycles. The zero-order valence-electron chi connectivity index (χ0n) is 12.7. The Morgan fingerprint density at radius 2 is 1.70 bits per heavy atom. The van der Waals surface area contributed by atoms with Gasteiger partial charge in [0.05, 0.1) is 11.3 Å². The highest BCUT2D eigenvalue weighted by molar-refractivity contribution is 7.93. The van der Waals surface area contributed by atoms with E-state index in [0.29, 0.717) is 11.3 Å². The van der Waals surface area contributed by atoms with Crippen LogP contribution >= 0.6 is 0 Å². The number of anilines is 2. The molecule has 0 unspecified atom stereocenters. The molecule has 2 aromatic carbocycles. The van der Waals surface area contributed by atoms with Crippen LogP contribution in [0.3, 0.4) is 0 Å². The molecule has 0 aliphatic carbocycles. The number of carbonyl (C=O) groups is 1. The third kappa shape index (κ3) is 5.60. The first-order chi connectivity index (χ1) is 11.0. The van der Waals surface area contributed by atoms with Gasteiger partial charge in [-0.05, 0) is 24.3 Å². The third-order valence-corrected chi connectivity index (χ3v) is 3.64. The molecule has 1 amide bonds. The van der Waals surface area contributed by atoms with E-state index in [1.165, 1.54) is 6.08 Å². The number of benzene rings is 2. The van der Waals surface area contributed by atoms with Crippen LogP contribution in [0.5, 0.6) is 0 Å². The van der Waals surface area contributed by atoms with Crippen LogP contribution < -0.4 is 10.6 Å². The molecule has 0 bridgehead atoms. The Hall–Kier alpha value is -2.60. The predicted molar refractivity (Wildman–Crippen MR) is 92.5 cm³/mol. The van der Waals surface area contributed by atoms with Crippen LogP contribution in [0, 0.1) is 0 Å². The largest absolute Gasteiger partial charge is 0.355 e. The highest BCUT2D eigenvalue weighted by atomic mass is 32.2. The Balaban J connectivity index is 2.07. The molecular formula is C17H18N2O3S. The molecule has 5 nitrogen and oxygen atoms in total. The lowest BCUT2D eigenvalue weighted by atomic mass is 10.1. The number of nitrogens with one attached hydrogen (secondary N) is 2. The van der Waals surface area contributed by atoms with Gasteiger partial charge in [0.25, 0.3) is 5.91 Å². The van der Waals surface area contributed by atoms with Crippen molar-refractivity contribution in [1.82, 2.24) is 5.32 Å². The average molecular weight is 330 g/mol. The van der Waals surface area contributed by atoms with E-state index in [2.05, 4.69) is 10.6 Å². The normalized spacial score (nSPS) is 11.3. The number of para-hydroxylation sites is 2. The summed E-state index contributed by atoms with van der Waals surface area (Å²) in [5, 5.41) is 6.93. The number of hydrogen-bond donors (Lipinski definition) is 2. The summed E-state index contributed by atoms with van der Waals surface area (Å²) in [6.45, 7) is 0.144. The summed E-state index contributed by atoms with van der Waals surface area (Å²) in [5.41, 5.74) is 2.05. The second-order valence-electron chi connectivity index (χ2n) is 4.95. The van der Waals surface area contributed by atoms with E-state index in [0.717, 1.165) is 17.4 Å². The number of hydrogen-bond acceptors (Lipinski definition) is 4. The van der Waals surface area contributed by atoms with Crippen molar-refractivity contribution in [2.45, 2.75) is 0 Å². The second kappa shape index (κ2) is 7.60. The van der Waals surface area contributed by atoms with Gasteiger partial charge in [0.2, 0.25) is 0 Å². The third-order valence-electron chi connectivity index (χ3n) is 2.95. The molecule has 0 atom stereocenters. The molecule has 0 aliphatic rings. The van der Waals surface area contributed by atoms with Gasteiger partial charge in [0.15, 0.2) is 9.84 Å². The summed E-state index contributed by atoms with van der Waals surface area (Å²) in [6.07, 6.45) is 2.50. The molecule has 0 radical (unpaired) electrons. The van der Waals surface area contributed by atoms with Crippen LogP contribution in [-0.2, 0) is 9.84 Å². The lowest BCUT2D eigenvalue weighted by Gasteiger charge is -2.11. The monoisotopic (exact) mass is 330 g/mol. The minimum Gasteiger partial charge on any atom is -0.355 e. The minimum absolute atomic E-state index is 0.144. The first-order valence-corrected chi connectivity index (χ1v) is 8.97. The molecule has 0 aliphatic heterocycles. The van der Waals surface area contributed by atoms with Crippen LogP contribution in [0.2, 0.25) is 0 Å². The van der Waals surface area contributed by atoms with Crippen LogP contribution in [0.25, 0.3) is 0 Å². The Labute approximate surface area is 136 Å². The average Bonchev–Trinajstić information content (AvgIpc) is 2.52. The highest BCUT2D eigenvalue weighted by Gasteiger charge is 2.10. The highest BCUT2D eigenvalue weighted by Crippen LogP contribution is 2.20. The van der Waals surface area contributed by atoms with Crippen molar-refractivity contribution in [3.63, 3.8) is 0 Å². The van der Waals surface area contributed by atoms with Crippen molar-refractivity contribution >= 4 is 27.1 Å². The lowest BCUT2D eigenvalue weighted by molar-refractivity contribution is 0.0959. The van der Waals surface area contributed by atoms with E-state index in [1.807, 2.05) is 42.5 Å². The fourth-order valence-electron chi connectivity index (χ4n) is 1.94. The van der Waals surface area contributed by atoms with E-state index in [4.69, 9.17) is 0 Å². The van der Waals surface area contributed by atoms with Gasteiger partial charge in [0.1, 0.15) is 0 Å². The van der Waals surface area contributed by atoms with Crippen molar-refractivity contribution < 1.29 is 13.2 Å². The standard InChI is InChI=1S/C17H18N2O3S/c1-23(21,22)13-7-12-18-17(20)15-10-5-6-11-16(15)19-14-8-3-2-4-9-14/h2-11,13,19H,12H2,1H3,(H,18,20)/b13-7+. The first-order valence-electron chi connectivity index (χ1n) is 7.01. The van der Waals surface area contributed by atoms with Crippen molar-refractivity contribution in [3.8, 4) is 0 Å². The zero-order valence-corrected chi connectivity index (χ0v) is 13.5. The summed E-state index contributed by atoms with van der Waals surface area (Å²) >= 11 is 0. The van der Waals surface area contributed by atoms with Gasteiger partial charge >= 0.3 is 0 Å². The summed E-state index contributed by atoms with van der Waals surface area (Å²) in [6, 6.07) is 16.7. The Kier molecular flexibility index (Phi) is 5.54. The fourth-order valence-corrected chi connectivity index (χ4v) is 2.38. The van der Waals surface area contributed by atoms with Gasteiger partial charge in [-0.3, -0.25) is 4.79 Å². The fraction of sp³-hybridized carbons (Fsp3) is 0.118. The van der Waals surface area contributed by atoms with Gasteiger partial charge in [-0.15, -0.1) is 0 Å². The SMILES string of the molecule is CS(=O)(=O)/C=C/CNC(=O)c1ccccc1Nc1ccccc1. The molecule has 2 rings (SSSR count). The maximum absolute atomic E-state index is 12.2. The number of sulfone groups is 1. The quantitative estimate of drug-likeness (QED) is 0.854. The van der Waals surface area contributed by atoms with Crippen LogP contribution in [0.15, 0.2) is 66.1 Å². The predicted octanol–water partition coefficient (Wildman–Crippen LogP) is 2.72. The van der Waals surface area contributed by atoms with Crippen molar-refractivity contribution in [3.05, 3.63) is 71.6 Å². The van der Waals surface area contributed by atoms with E-state index in [9.17, 15) is 13.2 Å². The molecule has 2 aromatic rings. The topological polar surface area (TPSA) is 75.3 Å². The van der Waals surface area contributed by atoms with Crippen molar-refractivity contribution in [2.75, 3.05) is 18.1 Å². The lowest BCUT2D eigenvalue weighted by Crippen LogP contribution is -2.24. The number of carbonyl (C=O) groups excluding carboxylic acids is 1. The van der Waals surface area contributed by atoms with E-state index < -0.39 is 9.84 Å². The Bertz CT molecular complexity index is 800. The smallest absolute Gasteiger partial charge is 0.253 e. The summed E-state index contributed by atoms with van der Waals surface area (Å²) in [5.74, 6) is -0.276. The van der Waals surface area contributed by atoms with Gasteiger partial charge < -0.3 is 10.6 Å². The van der Waals surface area contributed by atoms with Crippen LogP contribution in [0.4, 0.5) is 11.4 Å². The Morgan fingerprint density at radius 3 is 2.39 bits per heavy atom. The Morgan fingerprint density at radius 1 is 1.04 bits per heavy atom. The molecule has 0 saturated carbocycles. The van der Waals surface area contributed by atoms with E-state index >= 15 is 0 Å². The zero-order chi connectivity index (χ0) is 16.7. The molecule has 0 aromatic heterocycles. The van der Waals surface area contributed by atoms with Gasteiger partial charge in [-0.2, -0.15) is 0 Å². The molecule has 0 heterocycles. The molecule has 0 fully saturated rings. The van der Waals surface area contributed by atoms with Crippen molar-refractivity contribution in [2.24, 2.45) is 0 Å². The summed E-state index contributed by atoms with van der Waals surface area (Å²) < 4.78 is 22.0. The number of rotatable bonds is 6. The van der Waals surface area contributed by atoms with Gasteiger partial charge in [-0.1, -0.05) is 36.4 Å². The molecule has 120 valence electrons. The summed E-state index contributed by atoms with van der Waals surface area (Å²) in [7, 11) is -3.18. The van der Waals surface area contributed by atoms with Crippen LogP contribution in [-0.4, -0.2) is 27.1 Å². The minimum atomic E-state index is -3.18. The van der Waals surface area contributed by atoms with Gasteiger partial charge in [-0.25, -0.2) is 8.42 Å². The van der Waals surface area contributed by atoms with Crippen LogP contribution in [0.1, 0.15) is 10.4 Å². The van der Waals surface area contributed by atoms with Crippen molar-refractivity contribution in [1.29, 1.82) is 0 Å². The molecule has 0 spiro atoms. The van der Waals surface area contributed by atoms with Gasteiger partial charge in [0, 0.05) is 23.9 Å². The molecular weight excluding hydrogens is 312 g/mol.